The molecule has 32 heavy (non-hydrogen) atoms. The summed E-state index contributed by atoms with van der Waals surface area (Å²) in [6, 6.07) is 7.52. The van der Waals surface area contributed by atoms with E-state index in [4.69, 9.17) is 4.74 Å². The number of nitrogens with zero attached hydrogens (tertiary/aromatic N) is 3. The van der Waals surface area contributed by atoms with Crippen molar-refractivity contribution in [3.8, 4) is 5.75 Å². The summed E-state index contributed by atoms with van der Waals surface area (Å²) in [5.41, 5.74) is 0.207. The van der Waals surface area contributed by atoms with Gasteiger partial charge in [-0.2, -0.15) is 13.2 Å². The Morgan fingerprint density at radius 2 is 1.91 bits per heavy atom. The summed E-state index contributed by atoms with van der Waals surface area (Å²) in [5.74, 6) is -0.542. The van der Waals surface area contributed by atoms with Crippen molar-refractivity contribution in [2.75, 3.05) is 23.4 Å². The van der Waals surface area contributed by atoms with Crippen LogP contribution >= 0.6 is 0 Å². The maximum Gasteiger partial charge on any atom is 0.416 e. The van der Waals surface area contributed by atoms with Crippen molar-refractivity contribution in [1.82, 2.24) is 9.55 Å². The molecule has 1 aliphatic heterocycles. The van der Waals surface area contributed by atoms with Crippen molar-refractivity contribution in [2.24, 2.45) is 0 Å². The number of halogens is 3. The van der Waals surface area contributed by atoms with Gasteiger partial charge in [0.1, 0.15) is 17.1 Å². The fraction of sp³-hybridized carbons (Fsp3) is 0.227. The molecule has 1 aromatic carbocycles. The summed E-state index contributed by atoms with van der Waals surface area (Å²) in [6.07, 6.45) is 0.157. The van der Waals surface area contributed by atoms with Crippen LogP contribution < -0.4 is 15.0 Å². The lowest BCUT2D eigenvalue weighted by Gasteiger charge is -2.29. The molecular formula is C22H19F3N4O3. The van der Waals surface area contributed by atoms with E-state index in [0.29, 0.717) is 30.3 Å². The number of rotatable bonds is 5. The second kappa shape index (κ2) is 8.37. The van der Waals surface area contributed by atoms with Crippen LogP contribution in [0.1, 0.15) is 33.3 Å². The van der Waals surface area contributed by atoms with Crippen LogP contribution in [0, 0.1) is 0 Å². The topological polar surface area (TPSA) is 76.5 Å². The zero-order valence-electron chi connectivity index (χ0n) is 17.0. The second-order valence-corrected chi connectivity index (χ2v) is 7.03. The lowest BCUT2D eigenvalue weighted by Crippen LogP contribution is -2.41. The number of ether oxygens (including phenoxy) is 1. The molecule has 0 spiro atoms. The molecule has 0 bridgehead atoms. The van der Waals surface area contributed by atoms with E-state index in [1.807, 2.05) is 6.92 Å². The van der Waals surface area contributed by atoms with E-state index in [0.717, 1.165) is 12.1 Å². The van der Waals surface area contributed by atoms with Gasteiger partial charge in [-0.15, -0.1) is 0 Å². The monoisotopic (exact) mass is 444 g/mol. The van der Waals surface area contributed by atoms with Gasteiger partial charge in [-0.05, 0) is 37.3 Å². The summed E-state index contributed by atoms with van der Waals surface area (Å²) >= 11 is 0. The number of hydrogen-bond acceptors (Lipinski definition) is 4. The van der Waals surface area contributed by atoms with Crippen LogP contribution in [0.15, 0.2) is 55.0 Å². The first-order chi connectivity index (χ1) is 15.3. The van der Waals surface area contributed by atoms with Crippen LogP contribution in [-0.2, 0) is 12.7 Å². The van der Waals surface area contributed by atoms with Crippen LogP contribution in [-0.4, -0.2) is 34.5 Å². The summed E-state index contributed by atoms with van der Waals surface area (Å²) in [4.78, 5) is 31.5. The predicted octanol–water partition coefficient (Wildman–Crippen LogP) is 4.21. The maximum atomic E-state index is 13.2. The first-order valence-corrected chi connectivity index (χ1v) is 9.86. The molecule has 2 amide bonds. The molecule has 0 saturated heterocycles. The highest BCUT2D eigenvalue weighted by Gasteiger charge is 2.33. The smallest absolute Gasteiger partial charge is 0.416 e. The SMILES string of the molecule is CCOc1ccncc1NC(=O)c1ccn2c1C(=O)N(c1ccc(C(F)(F)F)cc1)CC2. The van der Waals surface area contributed by atoms with Crippen LogP contribution in [0.5, 0.6) is 5.75 Å². The van der Waals surface area contributed by atoms with Gasteiger partial charge in [0.15, 0.2) is 0 Å². The summed E-state index contributed by atoms with van der Waals surface area (Å²) in [7, 11) is 0. The highest BCUT2D eigenvalue weighted by Crippen LogP contribution is 2.32. The molecule has 0 aliphatic carbocycles. The number of anilines is 2. The Morgan fingerprint density at radius 1 is 1.16 bits per heavy atom. The number of alkyl halides is 3. The number of carbonyl (C=O) groups excluding carboxylic acids is 2. The number of nitrogens with one attached hydrogen (secondary N) is 1. The zero-order valence-corrected chi connectivity index (χ0v) is 17.0. The maximum absolute atomic E-state index is 13.2. The Kier molecular flexibility index (Phi) is 5.60. The Labute approximate surface area is 181 Å². The molecule has 4 rings (SSSR count). The number of amides is 2. The zero-order chi connectivity index (χ0) is 22.9. The molecule has 1 aliphatic rings. The third-order valence-electron chi connectivity index (χ3n) is 5.06. The largest absolute Gasteiger partial charge is 0.492 e. The van der Waals surface area contributed by atoms with Crippen molar-refractivity contribution in [1.29, 1.82) is 0 Å². The lowest BCUT2D eigenvalue weighted by molar-refractivity contribution is -0.137. The van der Waals surface area contributed by atoms with Crippen LogP contribution in [0.2, 0.25) is 0 Å². The van der Waals surface area contributed by atoms with E-state index in [1.54, 1.807) is 16.8 Å². The molecule has 0 unspecified atom stereocenters. The Bertz CT molecular complexity index is 1160. The van der Waals surface area contributed by atoms with E-state index in [9.17, 15) is 22.8 Å². The minimum atomic E-state index is -4.46. The first kappa shape index (κ1) is 21.4. The van der Waals surface area contributed by atoms with Crippen molar-refractivity contribution in [2.45, 2.75) is 19.6 Å². The average molecular weight is 444 g/mol. The molecule has 10 heteroatoms. The van der Waals surface area contributed by atoms with Gasteiger partial charge in [0.05, 0.1) is 23.9 Å². The van der Waals surface area contributed by atoms with E-state index >= 15 is 0 Å². The minimum Gasteiger partial charge on any atom is -0.492 e. The molecular weight excluding hydrogens is 425 g/mol. The van der Waals surface area contributed by atoms with Crippen molar-refractivity contribution >= 4 is 23.2 Å². The van der Waals surface area contributed by atoms with Gasteiger partial charge in [-0.3, -0.25) is 14.6 Å². The van der Waals surface area contributed by atoms with Crippen LogP contribution in [0.3, 0.4) is 0 Å². The Morgan fingerprint density at radius 3 is 2.59 bits per heavy atom. The fourth-order valence-corrected chi connectivity index (χ4v) is 3.54. The summed E-state index contributed by atoms with van der Waals surface area (Å²) in [5, 5.41) is 2.71. The molecule has 3 heterocycles. The summed E-state index contributed by atoms with van der Waals surface area (Å²) < 4.78 is 45.7. The van der Waals surface area contributed by atoms with E-state index in [2.05, 4.69) is 10.3 Å². The quantitative estimate of drug-likeness (QED) is 0.640. The lowest BCUT2D eigenvalue weighted by atomic mass is 10.1. The molecule has 3 aromatic rings. The number of fused-ring (bicyclic) bond motifs is 1. The molecule has 1 N–H and O–H groups in total. The number of pyridine rings is 1. The van der Waals surface area contributed by atoms with Gasteiger partial charge in [-0.1, -0.05) is 0 Å². The van der Waals surface area contributed by atoms with Gasteiger partial charge >= 0.3 is 6.18 Å². The molecule has 166 valence electrons. The van der Waals surface area contributed by atoms with Gasteiger partial charge in [-0.25, -0.2) is 0 Å². The van der Waals surface area contributed by atoms with Gasteiger partial charge in [0.25, 0.3) is 11.8 Å². The standard InChI is InChI=1S/C22H19F3N4O3/c1-2-32-18-7-9-26-13-17(18)27-20(30)16-8-10-28-11-12-29(21(31)19(16)28)15-5-3-14(4-6-15)22(23,24)25/h3-10,13H,2,11-12H2,1H3,(H,27,30). The minimum absolute atomic E-state index is 0.151. The third-order valence-corrected chi connectivity index (χ3v) is 5.06. The summed E-state index contributed by atoms with van der Waals surface area (Å²) in [6.45, 7) is 2.87. The highest BCUT2D eigenvalue weighted by molar-refractivity contribution is 6.16. The van der Waals surface area contributed by atoms with Crippen molar-refractivity contribution in [3.63, 3.8) is 0 Å². The van der Waals surface area contributed by atoms with E-state index in [-0.39, 0.29) is 17.8 Å². The Hall–Kier alpha value is -3.82. The van der Waals surface area contributed by atoms with Gasteiger partial charge in [0, 0.05) is 37.2 Å². The molecule has 7 nitrogen and oxygen atoms in total. The molecule has 0 radical (unpaired) electrons. The highest BCUT2D eigenvalue weighted by atomic mass is 19.4. The number of benzene rings is 1. The third kappa shape index (κ3) is 4.03. The van der Waals surface area contributed by atoms with Crippen LogP contribution in [0.25, 0.3) is 0 Å². The first-order valence-electron chi connectivity index (χ1n) is 9.86. The number of hydrogen-bond donors (Lipinski definition) is 1. The molecule has 0 fully saturated rings. The predicted molar refractivity (Wildman–Crippen MR) is 111 cm³/mol. The molecule has 0 saturated carbocycles. The van der Waals surface area contributed by atoms with E-state index in [1.165, 1.54) is 35.5 Å². The van der Waals surface area contributed by atoms with Gasteiger partial charge in [0.2, 0.25) is 0 Å². The second-order valence-electron chi connectivity index (χ2n) is 7.03. The average Bonchev–Trinajstić information content (AvgIpc) is 3.20. The normalized spacial score (nSPS) is 13.6. The van der Waals surface area contributed by atoms with Crippen LogP contribution in [0.4, 0.5) is 24.5 Å². The van der Waals surface area contributed by atoms with Crippen molar-refractivity contribution < 1.29 is 27.5 Å². The number of carbonyl (C=O) groups is 2. The fourth-order valence-electron chi connectivity index (χ4n) is 3.54. The molecule has 0 atom stereocenters. The van der Waals surface area contributed by atoms with Gasteiger partial charge < -0.3 is 19.5 Å². The van der Waals surface area contributed by atoms with E-state index < -0.39 is 23.6 Å². The number of aromatic nitrogens is 2. The molecule has 2 aromatic heterocycles. The Balaban J connectivity index is 1.60. The van der Waals surface area contributed by atoms with Crippen molar-refractivity contribution in [3.05, 3.63) is 71.8 Å².